The second-order valence-corrected chi connectivity index (χ2v) is 7.78. The summed E-state index contributed by atoms with van der Waals surface area (Å²) in [6, 6.07) is 3.05. The summed E-state index contributed by atoms with van der Waals surface area (Å²) in [6.07, 6.45) is 2.61. The third-order valence-electron chi connectivity index (χ3n) is 2.99. The number of hydrogen-bond acceptors (Lipinski definition) is 7. The lowest BCUT2D eigenvalue weighted by molar-refractivity contribution is 0.0749. The van der Waals surface area contributed by atoms with Gasteiger partial charge in [0.15, 0.2) is 9.84 Å². The van der Waals surface area contributed by atoms with Gasteiger partial charge in [0.1, 0.15) is 11.2 Å². The number of pyridine rings is 1. The van der Waals surface area contributed by atoms with Crippen molar-refractivity contribution in [3.8, 4) is 0 Å². The minimum Gasteiger partial charge on any atom is -0.320 e. The second-order valence-electron chi connectivity index (χ2n) is 4.43. The maximum Gasteiger partial charge on any atom is 0.255 e. The number of nitrogens with two attached hydrogens (primary N) is 1. The number of anilines is 1. The Kier molecular flexibility index (Phi) is 4.51. The van der Waals surface area contributed by atoms with E-state index < -0.39 is 15.2 Å². The summed E-state index contributed by atoms with van der Waals surface area (Å²) < 4.78 is 23.6. The Morgan fingerprint density at radius 1 is 1.60 bits per heavy atom. The van der Waals surface area contributed by atoms with Crippen LogP contribution < -0.4 is 11.3 Å². The Balaban J connectivity index is 2.30. The Bertz CT molecular complexity index is 605. The van der Waals surface area contributed by atoms with Crippen LogP contribution in [0.3, 0.4) is 0 Å². The molecular weight excluding hydrogens is 300 g/mol. The first-order valence-electron chi connectivity index (χ1n) is 5.93. The number of aromatic nitrogens is 1. The fourth-order valence-corrected chi connectivity index (χ4v) is 4.79. The lowest BCUT2D eigenvalue weighted by Gasteiger charge is -2.34. The van der Waals surface area contributed by atoms with Gasteiger partial charge in [0, 0.05) is 36.1 Å². The van der Waals surface area contributed by atoms with Crippen LogP contribution in [-0.2, 0) is 9.84 Å². The zero-order chi connectivity index (χ0) is 14.8. The van der Waals surface area contributed by atoms with E-state index in [9.17, 15) is 13.2 Å². The lowest BCUT2D eigenvalue weighted by atomic mass is 10.2. The van der Waals surface area contributed by atoms with Gasteiger partial charge in [-0.05, 0) is 12.1 Å². The SMILES string of the molecule is CS(=O)(=O)C1CSCCN1C(=O)c1ccnc(NN)c1. The number of nitrogens with zero attached hydrogens (tertiary/aromatic N) is 2. The molecule has 2 rings (SSSR count). The third-order valence-corrected chi connectivity index (χ3v) is 5.64. The predicted molar refractivity (Wildman–Crippen MR) is 79.0 cm³/mol. The topological polar surface area (TPSA) is 105 Å². The number of carbonyl (C=O) groups is 1. The Labute approximate surface area is 121 Å². The predicted octanol–water partition coefficient (Wildman–Crippen LogP) is -0.0731. The maximum absolute atomic E-state index is 12.5. The van der Waals surface area contributed by atoms with Gasteiger partial charge in [-0.15, -0.1) is 0 Å². The Morgan fingerprint density at radius 3 is 3.00 bits per heavy atom. The van der Waals surface area contributed by atoms with Crippen molar-refractivity contribution in [1.29, 1.82) is 0 Å². The molecule has 1 aliphatic rings. The van der Waals surface area contributed by atoms with Gasteiger partial charge in [0.2, 0.25) is 0 Å². The first-order valence-corrected chi connectivity index (χ1v) is 9.04. The van der Waals surface area contributed by atoms with E-state index >= 15 is 0 Å². The maximum atomic E-state index is 12.5. The molecule has 1 unspecified atom stereocenters. The van der Waals surface area contributed by atoms with Crippen molar-refractivity contribution in [3.05, 3.63) is 23.9 Å². The molecule has 0 aromatic carbocycles. The van der Waals surface area contributed by atoms with Crippen LogP contribution in [0.15, 0.2) is 18.3 Å². The molecule has 0 bridgehead atoms. The van der Waals surface area contributed by atoms with Crippen LogP contribution in [0.4, 0.5) is 5.82 Å². The van der Waals surface area contributed by atoms with Crippen LogP contribution in [0.25, 0.3) is 0 Å². The number of thioether (sulfide) groups is 1. The van der Waals surface area contributed by atoms with E-state index in [1.165, 1.54) is 28.9 Å². The number of carbonyl (C=O) groups excluding carboxylic acids is 1. The van der Waals surface area contributed by atoms with Gasteiger partial charge in [-0.1, -0.05) is 0 Å². The Hall–Kier alpha value is -1.32. The molecule has 110 valence electrons. The number of hydrazine groups is 1. The molecule has 3 N–H and O–H groups in total. The van der Waals surface area contributed by atoms with Crippen LogP contribution >= 0.6 is 11.8 Å². The number of amides is 1. The molecule has 1 fully saturated rings. The molecule has 1 aromatic rings. The number of nitrogens with one attached hydrogen (secondary N) is 1. The highest BCUT2D eigenvalue weighted by atomic mass is 32.2. The molecule has 1 amide bonds. The Morgan fingerprint density at radius 2 is 2.35 bits per heavy atom. The number of rotatable bonds is 3. The molecule has 2 heterocycles. The van der Waals surface area contributed by atoms with E-state index in [4.69, 9.17) is 5.84 Å². The first kappa shape index (κ1) is 15.1. The van der Waals surface area contributed by atoms with Gasteiger partial charge in [-0.2, -0.15) is 11.8 Å². The van der Waals surface area contributed by atoms with E-state index in [1.807, 2.05) is 0 Å². The largest absolute Gasteiger partial charge is 0.320 e. The van der Waals surface area contributed by atoms with Gasteiger partial charge in [0.25, 0.3) is 5.91 Å². The van der Waals surface area contributed by atoms with Crippen molar-refractivity contribution in [1.82, 2.24) is 9.88 Å². The van der Waals surface area contributed by atoms with Gasteiger partial charge in [-0.3, -0.25) is 4.79 Å². The average molecular weight is 316 g/mol. The molecule has 1 aromatic heterocycles. The molecule has 9 heteroatoms. The second kappa shape index (κ2) is 5.98. The summed E-state index contributed by atoms with van der Waals surface area (Å²) >= 11 is 1.54. The van der Waals surface area contributed by atoms with Crippen molar-refractivity contribution < 1.29 is 13.2 Å². The normalized spacial score (nSPS) is 19.7. The molecule has 0 aliphatic carbocycles. The summed E-state index contributed by atoms with van der Waals surface area (Å²) in [5.74, 6) is 6.42. The minimum atomic E-state index is -3.32. The fourth-order valence-electron chi connectivity index (χ4n) is 1.98. The number of hydrogen-bond donors (Lipinski definition) is 2. The average Bonchev–Trinajstić information content (AvgIpc) is 2.45. The third kappa shape index (κ3) is 3.22. The van der Waals surface area contributed by atoms with E-state index in [0.717, 1.165) is 12.0 Å². The number of nitrogen functional groups attached to an aromatic ring is 1. The molecule has 0 spiro atoms. The van der Waals surface area contributed by atoms with Crippen molar-refractivity contribution in [2.24, 2.45) is 5.84 Å². The highest BCUT2D eigenvalue weighted by Crippen LogP contribution is 2.22. The molecule has 1 atom stereocenters. The van der Waals surface area contributed by atoms with Gasteiger partial charge >= 0.3 is 0 Å². The van der Waals surface area contributed by atoms with E-state index in [1.54, 1.807) is 6.07 Å². The van der Waals surface area contributed by atoms with Gasteiger partial charge < -0.3 is 10.3 Å². The van der Waals surface area contributed by atoms with E-state index in [-0.39, 0.29) is 5.91 Å². The summed E-state index contributed by atoms with van der Waals surface area (Å²) in [6.45, 7) is 0.412. The molecular formula is C11H16N4O3S2. The van der Waals surface area contributed by atoms with Crippen molar-refractivity contribution in [2.75, 3.05) is 29.7 Å². The highest BCUT2D eigenvalue weighted by molar-refractivity contribution is 8.00. The summed E-state index contributed by atoms with van der Waals surface area (Å²) in [5, 5.41) is -0.781. The molecule has 1 saturated heterocycles. The van der Waals surface area contributed by atoms with Crippen molar-refractivity contribution >= 4 is 33.3 Å². The lowest BCUT2D eigenvalue weighted by Crippen LogP contribution is -2.49. The van der Waals surface area contributed by atoms with Crippen molar-refractivity contribution in [2.45, 2.75) is 5.37 Å². The van der Waals surface area contributed by atoms with Crippen LogP contribution in [0.5, 0.6) is 0 Å². The molecule has 0 saturated carbocycles. The van der Waals surface area contributed by atoms with E-state index in [0.29, 0.717) is 23.7 Å². The van der Waals surface area contributed by atoms with Gasteiger partial charge in [-0.25, -0.2) is 19.2 Å². The summed E-state index contributed by atoms with van der Waals surface area (Å²) in [5.41, 5.74) is 2.73. The van der Waals surface area contributed by atoms with E-state index in [2.05, 4.69) is 10.4 Å². The minimum absolute atomic E-state index is 0.320. The van der Waals surface area contributed by atoms with Crippen LogP contribution in [-0.4, -0.2) is 53.9 Å². The monoisotopic (exact) mass is 316 g/mol. The first-order chi connectivity index (χ1) is 9.43. The molecule has 20 heavy (non-hydrogen) atoms. The van der Waals surface area contributed by atoms with Crippen LogP contribution in [0.2, 0.25) is 0 Å². The van der Waals surface area contributed by atoms with Crippen molar-refractivity contribution in [3.63, 3.8) is 0 Å². The number of sulfone groups is 1. The molecule has 7 nitrogen and oxygen atoms in total. The summed E-state index contributed by atoms with van der Waals surface area (Å²) in [7, 11) is -3.32. The fraction of sp³-hybridized carbons (Fsp3) is 0.455. The smallest absolute Gasteiger partial charge is 0.255 e. The van der Waals surface area contributed by atoms with Crippen LogP contribution in [0, 0.1) is 0 Å². The van der Waals surface area contributed by atoms with Gasteiger partial charge in [0.05, 0.1) is 0 Å². The molecule has 0 radical (unpaired) electrons. The zero-order valence-electron chi connectivity index (χ0n) is 10.9. The quantitative estimate of drug-likeness (QED) is 0.594. The molecule has 1 aliphatic heterocycles. The standard InChI is InChI=1S/C11H16N4O3S2/c1-20(17,18)10-7-19-5-4-15(10)11(16)8-2-3-13-9(6-8)14-12/h2-3,6,10H,4-5,7,12H2,1H3,(H,13,14). The highest BCUT2D eigenvalue weighted by Gasteiger charge is 2.34. The zero-order valence-corrected chi connectivity index (χ0v) is 12.6. The van der Waals surface area contributed by atoms with Crippen LogP contribution in [0.1, 0.15) is 10.4 Å². The summed E-state index contributed by atoms with van der Waals surface area (Å²) in [4.78, 5) is 17.8.